The highest BCUT2D eigenvalue weighted by atomic mass is 16.5. The Morgan fingerprint density at radius 2 is 1.80 bits per heavy atom. The topological polar surface area (TPSA) is 78.8 Å². The third-order valence-electron chi connectivity index (χ3n) is 2.90. The lowest BCUT2D eigenvalue weighted by molar-refractivity contribution is -0.138. The van der Waals surface area contributed by atoms with Crippen molar-refractivity contribution < 1.29 is 19.7 Å². The fourth-order valence-corrected chi connectivity index (χ4v) is 1.86. The predicted molar refractivity (Wildman–Crippen MR) is 75.1 cm³/mol. The van der Waals surface area contributed by atoms with Crippen molar-refractivity contribution in [3.8, 4) is 11.5 Å². The number of benzene rings is 2. The number of para-hydroxylation sites is 1. The van der Waals surface area contributed by atoms with E-state index in [1.165, 1.54) is 6.07 Å². The first-order valence-corrected chi connectivity index (χ1v) is 6.03. The highest BCUT2D eigenvalue weighted by Gasteiger charge is 2.22. The van der Waals surface area contributed by atoms with Crippen LogP contribution in [-0.2, 0) is 4.79 Å². The SMILES string of the molecule is COc1ccc(NC(C(=O)O)c2ccccc2O)cc1. The Hall–Kier alpha value is -2.69. The number of methoxy groups -OCH3 is 1. The summed E-state index contributed by atoms with van der Waals surface area (Å²) in [6, 6.07) is 12.2. The summed E-state index contributed by atoms with van der Waals surface area (Å²) in [4.78, 5) is 11.4. The molecule has 2 aromatic carbocycles. The van der Waals surface area contributed by atoms with E-state index in [4.69, 9.17) is 4.74 Å². The van der Waals surface area contributed by atoms with E-state index in [1.807, 2.05) is 0 Å². The fraction of sp³-hybridized carbons (Fsp3) is 0.133. The minimum absolute atomic E-state index is 0.0547. The summed E-state index contributed by atoms with van der Waals surface area (Å²) in [6.07, 6.45) is 0. The van der Waals surface area contributed by atoms with Gasteiger partial charge in [-0.15, -0.1) is 0 Å². The quantitative estimate of drug-likeness (QED) is 0.780. The average Bonchev–Trinajstić information content (AvgIpc) is 2.46. The molecule has 0 amide bonds. The van der Waals surface area contributed by atoms with Gasteiger partial charge in [0.15, 0.2) is 6.04 Å². The Morgan fingerprint density at radius 3 is 2.35 bits per heavy atom. The Morgan fingerprint density at radius 1 is 1.15 bits per heavy atom. The van der Waals surface area contributed by atoms with Crippen molar-refractivity contribution in [2.75, 3.05) is 12.4 Å². The number of hydrogen-bond acceptors (Lipinski definition) is 4. The van der Waals surface area contributed by atoms with Gasteiger partial charge in [-0.2, -0.15) is 0 Å². The van der Waals surface area contributed by atoms with Gasteiger partial charge < -0.3 is 20.3 Å². The van der Waals surface area contributed by atoms with Crippen molar-refractivity contribution in [3.05, 3.63) is 54.1 Å². The summed E-state index contributed by atoms with van der Waals surface area (Å²) in [6.45, 7) is 0. The first-order valence-electron chi connectivity index (χ1n) is 6.03. The summed E-state index contributed by atoms with van der Waals surface area (Å²) < 4.78 is 5.04. The highest BCUT2D eigenvalue weighted by Crippen LogP contribution is 2.27. The number of aliphatic carboxylic acids is 1. The average molecular weight is 273 g/mol. The molecule has 1 unspecified atom stereocenters. The van der Waals surface area contributed by atoms with Gasteiger partial charge in [-0.25, -0.2) is 4.79 Å². The Kier molecular flexibility index (Phi) is 4.10. The van der Waals surface area contributed by atoms with Crippen LogP contribution < -0.4 is 10.1 Å². The molecular weight excluding hydrogens is 258 g/mol. The molecule has 104 valence electrons. The second-order valence-electron chi connectivity index (χ2n) is 4.20. The summed E-state index contributed by atoms with van der Waals surface area (Å²) >= 11 is 0. The molecule has 0 saturated carbocycles. The second-order valence-corrected chi connectivity index (χ2v) is 4.20. The number of hydrogen-bond donors (Lipinski definition) is 3. The van der Waals surface area contributed by atoms with Crippen molar-refractivity contribution >= 4 is 11.7 Å². The Labute approximate surface area is 116 Å². The van der Waals surface area contributed by atoms with Crippen LogP contribution in [0.3, 0.4) is 0 Å². The molecule has 2 rings (SSSR count). The van der Waals surface area contributed by atoms with Gasteiger partial charge in [0, 0.05) is 11.3 Å². The zero-order valence-electron chi connectivity index (χ0n) is 10.9. The molecule has 0 aliphatic heterocycles. The molecule has 0 aliphatic carbocycles. The minimum atomic E-state index is -1.07. The fourth-order valence-electron chi connectivity index (χ4n) is 1.86. The van der Waals surface area contributed by atoms with Crippen LogP contribution in [0, 0.1) is 0 Å². The van der Waals surface area contributed by atoms with Crippen LogP contribution in [0.2, 0.25) is 0 Å². The Balaban J connectivity index is 2.26. The van der Waals surface area contributed by atoms with Crippen LogP contribution >= 0.6 is 0 Å². The third kappa shape index (κ3) is 3.00. The molecule has 1 atom stereocenters. The number of ether oxygens (including phenoxy) is 1. The van der Waals surface area contributed by atoms with Gasteiger partial charge in [-0.05, 0) is 30.3 Å². The zero-order valence-corrected chi connectivity index (χ0v) is 10.9. The van der Waals surface area contributed by atoms with Crippen molar-refractivity contribution in [1.82, 2.24) is 0 Å². The van der Waals surface area contributed by atoms with E-state index in [9.17, 15) is 15.0 Å². The van der Waals surface area contributed by atoms with Gasteiger partial charge in [-0.1, -0.05) is 18.2 Å². The third-order valence-corrected chi connectivity index (χ3v) is 2.90. The van der Waals surface area contributed by atoms with Gasteiger partial charge >= 0.3 is 5.97 Å². The summed E-state index contributed by atoms with van der Waals surface area (Å²) in [7, 11) is 1.56. The number of carboxylic acids is 1. The Bertz CT molecular complexity index is 595. The van der Waals surface area contributed by atoms with Crippen molar-refractivity contribution in [2.45, 2.75) is 6.04 Å². The molecule has 0 heterocycles. The molecule has 5 heteroatoms. The smallest absolute Gasteiger partial charge is 0.330 e. The monoisotopic (exact) mass is 273 g/mol. The number of aromatic hydroxyl groups is 1. The number of phenolic OH excluding ortho intramolecular Hbond substituents is 1. The number of carbonyl (C=O) groups is 1. The summed E-state index contributed by atoms with van der Waals surface area (Å²) in [5, 5.41) is 22.0. The van der Waals surface area contributed by atoms with Crippen molar-refractivity contribution in [2.24, 2.45) is 0 Å². The minimum Gasteiger partial charge on any atom is -0.508 e. The molecule has 0 spiro atoms. The maximum Gasteiger partial charge on any atom is 0.330 e. The first kappa shape index (κ1) is 13.7. The molecule has 0 bridgehead atoms. The van der Waals surface area contributed by atoms with Crippen LogP contribution in [0.4, 0.5) is 5.69 Å². The lowest BCUT2D eigenvalue weighted by Crippen LogP contribution is -2.20. The summed E-state index contributed by atoms with van der Waals surface area (Å²) in [5.41, 5.74) is 0.942. The van der Waals surface area contributed by atoms with Gasteiger partial charge in [0.25, 0.3) is 0 Å². The van der Waals surface area contributed by atoms with E-state index in [1.54, 1.807) is 49.6 Å². The molecule has 0 saturated heterocycles. The molecule has 0 radical (unpaired) electrons. The molecule has 0 aliphatic rings. The normalized spacial score (nSPS) is 11.7. The maximum absolute atomic E-state index is 11.4. The van der Waals surface area contributed by atoms with Crippen LogP contribution in [-0.4, -0.2) is 23.3 Å². The maximum atomic E-state index is 11.4. The van der Waals surface area contributed by atoms with E-state index < -0.39 is 12.0 Å². The van der Waals surface area contributed by atoms with Gasteiger partial charge in [0.2, 0.25) is 0 Å². The molecule has 0 aromatic heterocycles. The number of anilines is 1. The van der Waals surface area contributed by atoms with Crippen LogP contribution in [0.5, 0.6) is 11.5 Å². The number of rotatable bonds is 5. The van der Waals surface area contributed by atoms with E-state index in [0.717, 1.165) is 0 Å². The van der Waals surface area contributed by atoms with Crippen LogP contribution in [0.25, 0.3) is 0 Å². The molecule has 5 nitrogen and oxygen atoms in total. The number of carboxylic acid groups (broad SMARTS) is 1. The summed E-state index contributed by atoms with van der Waals surface area (Å²) in [5.74, 6) is -0.437. The van der Waals surface area contributed by atoms with Crippen LogP contribution in [0.15, 0.2) is 48.5 Å². The van der Waals surface area contributed by atoms with E-state index in [0.29, 0.717) is 17.0 Å². The first-order chi connectivity index (χ1) is 9.61. The lowest BCUT2D eigenvalue weighted by atomic mass is 10.1. The van der Waals surface area contributed by atoms with E-state index in [-0.39, 0.29) is 5.75 Å². The second kappa shape index (κ2) is 5.97. The molecule has 20 heavy (non-hydrogen) atoms. The van der Waals surface area contributed by atoms with Gasteiger partial charge in [-0.3, -0.25) is 0 Å². The molecular formula is C15H15NO4. The van der Waals surface area contributed by atoms with E-state index >= 15 is 0 Å². The van der Waals surface area contributed by atoms with Crippen LogP contribution in [0.1, 0.15) is 11.6 Å². The van der Waals surface area contributed by atoms with Gasteiger partial charge in [0.05, 0.1) is 7.11 Å². The van der Waals surface area contributed by atoms with Gasteiger partial charge in [0.1, 0.15) is 11.5 Å². The van der Waals surface area contributed by atoms with E-state index in [2.05, 4.69) is 5.32 Å². The molecule has 3 N–H and O–H groups in total. The lowest BCUT2D eigenvalue weighted by Gasteiger charge is -2.17. The van der Waals surface area contributed by atoms with Crippen molar-refractivity contribution in [1.29, 1.82) is 0 Å². The zero-order chi connectivity index (χ0) is 14.5. The highest BCUT2D eigenvalue weighted by molar-refractivity contribution is 5.80. The number of phenols is 1. The standard InChI is InChI=1S/C15H15NO4/c1-20-11-8-6-10(7-9-11)16-14(15(18)19)12-4-2-3-5-13(12)17/h2-9,14,16-17H,1H3,(H,18,19). The number of nitrogens with one attached hydrogen (secondary N) is 1. The van der Waals surface area contributed by atoms with Crippen molar-refractivity contribution in [3.63, 3.8) is 0 Å². The predicted octanol–water partition coefficient (Wildman–Crippen LogP) is 2.64. The molecule has 0 fully saturated rings. The molecule has 2 aromatic rings. The largest absolute Gasteiger partial charge is 0.508 e.